The maximum Gasteiger partial charge on any atom is 0.250 e. The molecule has 0 aliphatic carbocycles. The second-order valence-electron chi connectivity index (χ2n) is 7.12. The summed E-state index contributed by atoms with van der Waals surface area (Å²) in [5, 5.41) is 7.27. The first-order valence-electron chi connectivity index (χ1n) is 9.56. The standard InChI is InChI=1S/C20H22F2N6O/c1-14-26-19(27-29-14)15-2-6-24-17(12-15)18-13-16(3-7-25-18)23-8-11-28-9-4-20(21,22)5-10-28/h2-3,6-7,12-13H,4-5,8-11H2,1H3,(H,23,25). The molecule has 4 heterocycles. The highest BCUT2D eigenvalue weighted by atomic mass is 19.3. The lowest BCUT2D eigenvalue weighted by molar-refractivity contribution is -0.0543. The van der Waals surface area contributed by atoms with E-state index in [1.54, 1.807) is 19.3 Å². The molecule has 0 amide bonds. The van der Waals surface area contributed by atoms with Crippen LogP contribution in [0.15, 0.2) is 41.2 Å². The van der Waals surface area contributed by atoms with Gasteiger partial charge in [0.15, 0.2) is 0 Å². The van der Waals surface area contributed by atoms with Crippen molar-refractivity contribution in [1.29, 1.82) is 0 Å². The Morgan fingerprint density at radius 2 is 1.83 bits per heavy atom. The normalized spacial score (nSPS) is 16.7. The second-order valence-corrected chi connectivity index (χ2v) is 7.12. The van der Waals surface area contributed by atoms with Crippen molar-refractivity contribution in [2.24, 2.45) is 0 Å². The first kappa shape index (κ1) is 19.4. The Kier molecular flexibility index (Phi) is 5.48. The molecule has 3 aromatic heterocycles. The van der Waals surface area contributed by atoms with Crippen molar-refractivity contribution in [3.63, 3.8) is 0 Å². The van der Waals surface area contributed by atoms with E-state index < -0.39 is 5.92 Å². The van der Waals surface area contributed by atoms with E-state index in [4.69, 9.17) is 4.52 Å². The number of nitrogens with zero attached hydrogens (tertiary/aromatic N) is 5. The molecule has 0 saturated carbocycles. The molecule has 0 bridgehead atoms. The zero-order valence-electron chi connectivity index (χ0n) is 16.1. The van der Waals surface area contributed by atoms with Crippen molar-refractivity contribution in [3.05, 3.63) is 42.5 Å². The third kappa shape index (κ3) is 4.92. The number of pyridine rings is 2. The van der Waals surface area contributed by atoms with Crippen molar-refractivity contribution in [3.8, 4) is 22.8 Å². The van der Waals surface area contributed by atoms with Gasteiger partial charge in [-0.15, -0.1) is 0 Å². The molecular weight excluding hydrogens is 378 g/mol. The molecular formula is C20H22F2N6O. The van der Waals surface area contributed by atoms with E-state index in [-0.39, 0.29) is 12.8 Å². The molecule has 0 aromatic carbocycles. The van der Waals surface area contributed by atoms with E-state index in [1.807, 2.05) is 24.3 Å². The molecule has 7 nitrogen and oxygen atoms in total. The first-order chi connectivity index (χ1) is 14.0. The number of anilines is 1. The van der Waals surface area contributed by atoms with Crippen LogP contribution in [0.3, 0.4) is 0 Å². The molecule has 1 saturated heterocycles. The van der Waals surface area contributed by atoms with Crippen LogP contribution in [0.4, 0.5) is 14.5 Å². The van der Waals surface area contributed by atoms with Crippen LogP contribution < -0.4 is 5.32 Å². The molecule has 4 rings (SSSR count). The van der Waals surface area contributed by atoms with Gasteiger partial charge in [0.05, 0.1) is 11.4 Å². The van der Waals surface area contributed by atoms with Crippen molar-refractivity contribution < 1.29 is 13.3 Å². The minimum atomic E-state index is -2.51. The fraction of sp³-hybridized carbons (Fsp3) is 0.400. The highest BCUT2D eigenvalue weighted by Gasteiger charge is 2.33. The monoisotopic (exact) mass is 400 g/mol. The van der Waals surface area contributed by atoms with Gasteiger partial charge in [-0.2, -0.15) is 4.98 Å². The van der Waals surface area contributed by atoms with Crippen molar-refractivity contribution in [2.45, 2.75) is 25.7 Å². The van der Waals surface area contributed by atoms with Gasteiger partial charge in [-0.05, 0) is 24.3 Å². The molecule has 29 heavy (non-hydrogen) atoms. The zero-order chi connectivity index (χ0) is 20.3. The average Bonchev–Trinajstić information content (AvgIpc) is 3.16. The van der Waals surface area contributed by atoms with Gasteiger partial charge in [0, 0.05) is 69.6 Å². The van der Waals surface area contributed by atoms with Crippen molar-refractivity contribution in [2.75, 3.05) is 31.5 Å². The fourth-order valence-corrected chi connectivity index (χ4v) is 3.27. The van der Waals surface area contributed by atoms with E-state index >= 15 is 0 Å². The van der Waals surface area contributed by atoms with Crippen molar-refractivity contribution >= 4 is 5.69 Å². The third-order valence-corrected chi connectivity index (χ3v) is 4.91. The van der Waals surface area contributed by atoms with Crippen LogP contribution in [0.1, 0.15) is 18.7 Å². The molecule has 0 atom stereocenters. The van der Waals surface area contributed by atoms with Gasteiger partial charge in [-0.25, -0.2) is 8.78 Å². The molecule has 0 radical (unpaired) electrons. The highest BCUT2D eigenvalue weighted by Crippen LogP contribution is 2.27. The Hall–Kier alpha value is -2.94. The number of nitrogens with one attached hydrogen (secondary N) is 1. The molecule has 1 aliphatic rings. The lowest BCUT2D eigenvalue weighted by atomic mass is 10.1. The Balaban J connectivity index is 1.39. The summed E-state index contributed by atoms with van der Waals surface area (Å²) < 4.78 is 31.5. The SMILES string of the molecule is Cc1nc(-c2ccnc(-c3cc(NCCN4CCC(F)(F)CC4)ccn3)c2)no1. The van der Waals surface area contributed by atoms with Gasteiger partial charge in [-0.3, -0.25) is 9.97 Å². The summed E-state index contributed by atoms with van der Waals surface area (Å²) in [4.78, 5) is 15.1. The van der Waals surface area contributed by atoms with Crippen LogP contribution >= 0.6 is 0 Å². The predicted octanol–water partition coefficient (Wildman–Crippen LogP) is 3.65. The summed E-state index contributed by atoms with van der Waals surface area (Å²) in [7, 11) is 0. The maximum atomic E-state index is 13.2. The van der Waals surface area contributed by atoms with Crippen molar-refractivity contribution in [1.82, 2.24) is 25.0 Å². The number of halogens is 2. The average molecular weight is 400 g/mol. The number of hydrogen-bond donors (Lipinski definition) is 1. The van der Waals surface area contributed by atoms with Gasteiger partial charge in [0.1, 0.15) is 0 Å². The molecule has 0 unspecified atom stereocenters. The Labute approximate surface area is 167 Å². The number of aromatic nitrogens is 4. The maximum absolute atomic E-state index is 13.2. The molecule has 152 valence electrons. The number of likely N-dealkylation sites (tertiary alicyclic amines) is 1. The van der Waals surface area contributed by atoms with Crippen LogP contribution in [-0.4, -0.2) is 57.1 Å². The molecule has 1 N–H and O–H groups in total. The topological polar surface area (TPSA) is 80.0 Å². The van der Waals surface area contributed by atoms with Gasteiger partial charge in [0.25, 0.3) is 5.92 Å². The second kappa shape index (κ2) is 8.20. The van der Waals surface area contributed by atoms with Crippen LogP contribution in [-0.2, 0) is 0 Å². The zero-order valence-corrected chi connectivity index (χ0v) is 16.1. The summed E-state index contributed by atoms with van der Waals surface area (Å²) >= 11 is 0. The molecule has 1 fully saturated rings. The number of piperidine rings is 1. The summed E-state index contributed by atoms with van der Waals surface area (Å²) in [6.07, 6.45) is 3.28. The molecule has 1 aliphatic heterocycles. The van der Waals surface area contributed by atoms with Crippen LogP contribution in [0, 0.1) is 6.92 Å². The van der Waals surface area contributed by atoms with Crippen LogP contribution in [0.25, 0.3) is 22.8 Å². The van der Waals surface area contributed by atoms with E-state index in [9.17, 15) is 8.78 Å². The summed E-state index contributed by atoms with van der Waals surface area (Å²) in [5.41, 5.74) is 3.12. The minimum absolute atomic E-state index is 0.0612. The van der Waals surface area contributed by atoms with Gasteiger partial charge in [0.2, 0.25) is 11.7 Å². The first-order valence-corrected chi connectivity index (χ1v) is 9.56. The predicted molar refractivity (Wildman–Crippen MR) is 105 cm³/mol. The van der Waals surface area contributed by atoms with E-state index in [1.165, 1.54) is 0 Å². The lowest BCUT2D eigenvalue weighted by Gasteiger charge is -2.31. The lowest BCUT2D eigenvalue weighted by Crippen LogP contribution is -2.41. The number of alkyl halides is 2. The van der Waals surface area contributed by atoms with E-state index in [0.717, 1.165) is 23.5 Å². The van der Waals surface area contributed by atoms with Crippen LogP contribution in [0.2, 0.25) is 0 Å². The fourth-order valence-electron chi connectivity index (χ4n) is 3.27. The Morgan fingerprint density at radius 1 is 1.10 bits per heavy atom. The Bertz CT molecular complexity index is 967. The third-order valence-electron chi connectivity index (χ3n) is 4.91. The number of rotatable bonds is 6. The quantitative estimate of drug-likeness (QED) is 0.677. The minimum Gasteiger partial charge on any atom is -0.384 e. The molecule has 0 spiro atoms. The van der Waals surface area contributed by atoms with E-state index in [0.29, 0.717) is 37.0 Å². The van der Waals surface area contributed by atoms with Gasteiger partial charge in [-0.1, -0.05) is 5.16 Å². The molecule has 3 aromatic rings. The summed E-state index contributed by atoms with van der Waals surface area (Å²) in [6, 6.07) is 7.47. The van der Waals surface area contributed by atoms with Gasteiger partial charge >= 0.3 is 0 Å². The highest BCUT2D eigenvalue weighted by molar-refractivity contribution is 5.66. The number of hydrogen-bond acceptors (Lipinski definition) is 7. The largest absolute Gasteiger partial charge is 0.384 e. The van der Waals surface area contributed by atoms with Gasteiger partial charge < -0.3 is 14.7 Å². The Morgan fingerprint density at radius 3 is 2.55 bits per heavy atom. The molecule has 9 heteroatoms. The van der Waals surface area contributed by atoms with Crippen LogP contribution in [0.5, 0.6) is 0 Å². The summed E-state index contributed by atoms with van der Waals surface area (Å²) in [6.45, 7) is 4.00. The van der Waals surface area contributed by atoms with E-state index in [2.05, 4.69) is 30.3 Å². The summed E-state index contributed by atoms with van der Waals surface area (Å²) in [5.74, 6) is -1.50. The smallest absolute Gasteiger partial charge is 0.250 e. The number of aryl methyl sites for hydroxylation is 1.